The number of methoxy groups -OCH3 is 1. The van der Waals surface area contributed by atoms with Crippen molar-refractivity contribution in [1.29, 1.82) is 0 Å². The van der Waals surface area contributed by atoms with Gasteiger partial charge in [0.25, 0.3) is 5.56 Å². The fourth-order valence-corrected chi connectivity index (χ4v) is 2.78. The molecule has 0 bridgehead atoms. The van der Waals surface area contributed by atoms with Crippen LogP contribution in [0, 0.1) is 24.4 Å². The summed E-state index contributed by atoms with van der Waals surface area (Å²) >= 11 is 0. The van der Waals surface area contributed by atoms with Gasteiger partial charge in [0.05, 0.1) is 13.7 Å². The van der Waals surface area contributed by atoms with Crippen LogP contribution in [0.3, 0.4) is 0 Å². The topological polar surface area (TPSA) is 82.2 Å². The third-order valence-electron chi connectivity index (χ3n) is 4.37. The zero-order valence-corrected chi connectivity index (χ0v) is 15.8. The lowest BCUT2D eigenvalue weighted by atomic mass is 10.2. The van der Waals surface area contributed by atoms with Gasteiger partial charge in [-0.1, -0.05) is 6.07 Å². The summed E-state index contributed by atoms with van der Waals surface area (Å²) in [4.78, 5) is 16.2. The van der Waals surface area contributed by atoms with Gasteiger partial charge in [-0.25, -0.2) is 13.2 Å². The van der Waals surface area contributed by atoms with Gasteiger partial charge in [-0.3, -0.25) is 4.79 Å². The molecule has 0 saturated heterocycles. The summed E-state index contributed by atoms with van der Waals surface area (Å²) in [6, 6.07) is 7.10. The van der Waals surface area contributed by atoms with Crippen LogP contribution in [0.15, 0.2) is 41.3 Å². The average molecular weight is 404 g/mol. The Morgan fingerprint density at radius 1 is 1.17 bits per heavy atom. The minimum absolute atomic E-state index is 0.0591. The van der Waals surface area contributed by atoms with Crippen molar-refractivity contribution in [2.75, 3.05) is 12.4 Å². The molecule has 3 N–H and O–H groups in total. The van der Waals surface area contributed by atoms with Crippen LogP contribution in [-0.4, -0.2) is 16.7 Å². The molecular formula is C20H19F3N4O2. The molecule has 0 aliphatic rings. The summed E-state index contributed by atoms with van der Waals surface area (Å²) in [5.41, 5.74) is 6.92. The highest BCUT2D eigenvalue weighted by molar-refractivity contribution is 5.61. The SMILES string of the molecule is COc1ccc(C)c(Nc2nc(=O)c(CN)cn2Cc2cc(F)c(F)c(F)c2)c1. The van der Waals surface area contributed by atoms with E-state index in [2.05, 4.69) is 10.3 Å². The number of anilines is 2. The Morgan fingerprint density at radius 3 is 2.48 bits per heavy atom. The zero-order valence-electron chi connectivity index (χ0n) is 15.8. The van der Waals surface area contributed by atoms with E-state index in [1.54, 1.807) is 12.1 Å². The predicted molar refractivity (Wildman–Crippen MR) is 103 cm³/mol. The van der Waals surface area contributed by atoms with Gasteiger partial charge < -0.3 is 20.4 Å². The highest BCUT2D eigenvalue weighted by Crippen LogP contribution is 2.25. The minimum Gasteiger partial charge on any atom is -0.497 e. The van der Waals surface area contributed by atoms with E-state index in [9.17, 15) is 18.0 Å². The van der Waals surface area contributed by atoms with Gasteiger partial charge >= 0.3 is 0 Å². The van der Waals surface area contributed by atoms with E-state index in [1.807, 2.05) is 13.0 Å². The van der Waals surface area contributed by atoms with Gasteiger partial charge in [0, 0.05) is 30.1 Å². The number of benzene rings is 2. The smallest absolute Gasteiger partial charge is 0.278 e. The van der Waals surface area contributed by atoms with Crippen LogP contribution in [0.5, 0.6) is 5.75 Å². The second-order valence-corrected chi connectivity index (χ2v) is 6.41. The van der Waals surface area contributed by atoms with Crippen LogP contribution in [-0.2, 0) is 13.1 Å². The normalized spacial score (nSPS) is 10.8. The summed E-state index contributed by atoms with van der Waals surface area (Å²) in [5, 5.41) is 3.04. The van der Waals surface area contributed by atoms with Gasteiger partial charge in [0.1, 0.15) is 5.75 Å². The van der Waals surface area contributed by atoms with Crippen molar-refractivity contribution in [3.05, 3.63) is 81.0 Å². The van der Waals surface area contributed by atoms with Crippen molar-refractivity contribution >= 4 is 11.6 Å². The van der Waals surface area contributed by atoms with E-state index in [0.29, 0.717) is 11.4 Å². The Bertz CT molecular complexity index is 1090. The maximum Gasteiger partial charge on any atom is 0.278 e. The summed E-state index contributed by atoms with van der Waals surface area (Å²) in [6.45, 7) is 1.72. The Morgan fingerprint density at radius 2 is 1.86 bits per heavy atom. The molecule has 1 aromatic heterocycles. The highest BCUT2D eigenvalue weighted by Gasteiger charge is 2.14. The lowest BCUT2D eigenvalue weighted by Gasteiger charge is -2.17. The second kappa shape index (κ2) is 8.36. The van der Waals surface area contributed by atoms with Gasteiger partial charge in [-0.15, -0.1) is 0 Å². The fourth-order valence-electron chi connectivity index (χ4n) is 2.78. The zero-order chi connectivity index (χ0) is 21.1. The molecule has 1 heterocycles. The van der Waals surface area contributed by atoms with E-state index >= 15 is 0 Å². The molecule has 29 heavy (non-hydrogen) atoms. The summed E-state index contributed by atoms with van der Waals surface area (Å²) in [7, 11) is 1.52. The number of hydrogen-bond donors (Lipinski definition) is 2. The van der Waals surface area contributed by atoms with Crippen molar-refractivity contribution in [2.45, 2.75) is 20.0 Å². The monoisotopic (exact) mass is 404 g/mol. The van der Waals surface area contributed by atoms with Crippen molar-refractivity contribution in [3.8, 4) is 5.75 Å². The first kappa shape index (κ1) is 20.4. The molecule has 0 saturated carbocycles. The summed E-state index contributed by atoms with van der Waals surface area (Å²) in [6.07, 6.45) is 1.45. The summed E-state index contributed by atoms with van der Waals surface area (Å²) < 4.78 is 47.1. The van der Waals surface area contributed by atoms with Crippen LogP contribution < -0.4 is 21.3 Å². The third kappa shape index (κ3) is 4.40. The van der Waals surface area contributed by atoms with E-state index in [0.717, 1.165) is 17.7 Å². The van der Waals surface area contributed by atoms with Crippen molar-refractivity contribution in [2.24, 2.45) is 5.73 Å². The third-order valence-corrected chi connectivity index (χ3v) is 4.37. The van der Waals surface area contributed by atoms with E-state index in [4.69, 9.17) is 10.5 Å². The molecule has 3 aromatic rings. The lowest BCUT2D eigenvalue weighted by molar-refractivity contribution is 0.415. The molecule has 0 fully saturated rings. The van der Waals surface area contributed by atoms with E-state index < -0.39 is 23.0 Å². The second-order valence-electron chi connectivity index (χ2n) is 6.41. The Kier molecular flexibility index (Phi) is 5.88. The van der Waals surface area contributed by atoms with Gasteiger partial charge in [-0.2, -0.15) is 4.98 Å². The van der Waals surface area contributed by atoms with Crippen molar-refractivity contribution in [1.82, 2.24) is 9.55 Å². The molecule has 0 radical (unpaired) electrons. The maximum atomic E-state index is 13.6. The first-order valence-corrected chi connectivity index (χ1v) is 8.68. The molecule has 0 atom stereocenters. The number of nitrogens with zero attached hydrogens (tertiary/aromatic N) is 2. The number of halogens is 3. The number of ether oxygens (including phenoxy) is 1. The maximum absolute atomic E-state index is 13.6. The van der Waals surface area contributed by atoms with Gasteiger partial charge in [0.15, 0.2) is 17.5 Å². The van der Waals surface area contributed by atoms with Crippen LogP contribution >= 0.6 is 0 Å². The number of aromatic nitrogens is 2. The Balaban J connectivity index is 2.06. The van der Waals surface area contributed by atoms with Gasteiger partial charge in [0.2, 0.25) is 5.95 Å². The number of nitrogens with two attached hydrogens (primary N) is 1. The number of aryl methyl sites for hydroxylation is 1. The molecule has 0 aliphatic carbocycles. The molecule has 0 unspecified atom stereocenters. The lowest BCUT2D eigenvalue weighted by Crippen LogP contribution is -2.23. The van der Waals surface area contributed by atoms with Crippen LogP contribution in [0.1, 0.15) is 16.7 Å². The molecular weight excluding hydrogens is 385 g/mol. The summed E-state index contributed by atoms with van der Waals surface area (Å²) in [5.74, 6) is -3.42. The molecule has 9 heteroatoms. The van der Waals surface area contributed by atoms with Crippen LogP contribution in [0.25, 0.3) is 0 Å². The van der Waals surface area contributed by atoms with Gasteiger partial charge in [-0.05, 0) is 36.2 Å². The Hall–Kier alpha value is -3.33. The average Bonchev–Trinajstić information content (AvgIpc) is 2.69. The fraction of sp³-hybridized carbons (Fsp3) is 0.200. The van der Waals surface area contributed by atoms with Crippen molar-refractivity contribution < 1.29 is 17.9 Å². The Labute approximate surface area is 164 Å². The molecule has 0 amide bonds. The largest absolute Gasteiger partial charge is 0.497 e. The number of rotatable bonds is 6. The first-order valence-electron chi connectivity index (χ1n) is 8.68. The molecule has 3 rings (SSSR count). The quantitative estimate of drug-likeness (QED) is 0.617. The highest BCUT2D eigenvalue weighted by atomic mass is 19.2. The molecule has 0 aliphatic heterocycles. The van der Waals surface area contributed by atoms with Crippen LogP contribution in [0.4, 0.5) is 24.8 Å². The molecule has 2 aromatic carbocycles. The van der Waals surface area contributed by atoms with Crippen molar-refractivity contribution in [3.63, 3.8) is 0 Å². The van der Waals surface area contributed by atoms with E-state index in [-0.39, 0.29) is 30.2 Å². The van der Waals surface area contributed by atoms with E-state index in [1.165, 1.54) is 17.9 Å². The standard InChI is InChI=1S/C20H19F3N4O2/c1-11-3-4-14(29-2)7-17(11)25-20-26-19(28)13(8-24)10-27(20)9-12-5-15(21)18(23)16(22)6-12/h3-7,10H,8-9,24H2,1-2H3,(H,25,26,28). The molecule has 152 valence electrons. The predicted octanol–water partition coefficient (Wildman–Crippen LogP) is 3.23. The number of nitrogens with one attached hydrogen (secondary N) is 1. The number of hydrogen-bond acceptors (Lipinski definition) is 5. The molecule has 6 nitrogen and oxygen atoms in total. The first-order chi connectivity index (χ1) is 13.8. The van der Waals surface area contributed by atoms with Crippen LogP contribution in [0.2, 0.25) is 0 Å². The minimum atomic E-state index is -1.54. The molecule has 0 spiro atoms.